The van der Waals surface area contributed by atoms with Crippen molar-refractivity contribution in [3.8, 4) is 11.3 Å². The van der Waals surface area contributed by atoms with Crippen LogP contribution in [0.1, 0.15) is 15.9 Å². The van der Waals surface area contributed by atoms with Gasteiger partial charge in [-0.15, -0.1) is 0 Å². The summed E-state index contributed by atoms with van der Waals surface area (Å²) in [7, 11) is 1.83. The third kappa shape index (κ3) is 3.98. The summed E-state index contributed by atoms with van der Waals surface area (Å²) >= 11 is 0. The minimum Gasteiger partial charge on any atom is -0.319 e. The molecule has 1 amide bonds. The van der Waals surface area contributed by atoms with E-state index in [0.717, 1.165) is 22.0 Å². The number of amides is 1. The van der Waals surface area contributed by atoms with Crippen LogP contribution in [0.15, 0.2) is 79.4 Å². The Kier molecular flexibility index (Phi) is 4.95. The predicted molar refractivity (Wildman–Crippen MR) is 120 cm³/mol. The molecule has 5 aromatic rings. The number of hydrogen-bond acceptors (Lipinski definition) is 4. The molecule has 2 aromatic carbocycles. The molecule has 7 nitrogen and oxygen atoms in total. The van der Waals surface area contributed by atoms with Gasteiger partial charge < -0.3 is 5.32 Å². The zero-order valence-corrected chi connectivity index (χ0v) is 17.2. The smallest absolute Gasteiger partial charge is 0.256 e. The molecular formula is C24H19FN6O. The summed E-state index contributed by atoms with van der Waals surface area (Å²) < 4.78 is 16.8. The van der Waals surface area contributed by atoms with Crippen LogP contribution in [0.25, 0.3) is 22.2 Å². The zero-order valence-electron chi connectivity index (χ0n) is 17.2. The molecule has 0 saturated carbocycles. The van der Waals surface area contributed by atoms with Crippen molar-refractivity contribution in [2.75, 3.05) is 5.32 Å². The number of halogens is 1. The molecule has 0 bridgehead atoms. The number of carbonyl (C=O) groups excluding carboxylic acids is 1. The third-order valence-corrected chi connectivity index (χ3v) is 5.09. The molecule has 0 spiro atoms. The van der Waals surface area contributed by atoms with Crippen molar-refractivity contribution in [1.29, 1.82) is 0 Å². The molecule has 0 saturated heterocycles. The second-order valence-electron chi connectivity index (χ2n) is 7.49. The Morgan fingerprint density at radius 3 is 2.72 bits per heavy atom. The fraction of sp³-hybridized carbons (Fsp3) is 0.0833. The lowest BCUT2D eigenvalue weighted by molar-refractivity contribution is 0.102. The maximum atomic E-state index is 13.4. The minimum absolute atomic E-state index is 0.265. The highest BCUT2D eigenvalue weighted by atomic mass is 19.1. The van der Waals surface area contributed by atoms with Crippen LogP contribution >= 0.6 is 0 Å². The Bertz CT molecular complexity index is 1440. The highest BCUT2D eigenvalue weighted by Crippen LogP contribution is 2.25. The first-order valence-corrected chi connectivity index (χ1v) is 10.0. The molecule has 0 unspecified atom stereocenters. The van der Waals surface area contributed by atoms with E-state index in [1.54, 1.807) is 40.1 Å². The van der Waals surface area contributed by atoms with Gasteiger partial charge in [0.05, 0.1) is 41.4 Å². The molecule has 158 valence electrons. The van der Waals surface area contributed by atoms with Gasteiger partial charge in [-0.2, -0.15) is 10.2 Å². The van der Waals surface area contributed by atoms with Crippen molar-refractivity contribution in [3.63, 3.8) is 0 Å². The first-order chi connectivity index (χ1) is 15.5. The predicted octanol–water partition coefficient (Wildman–Crippen LogP) is 4.27. The Morgan fingerprint density at radius 1 is 1.03 bits per heavy atom. The van der Waals surface area contributed by atoms with E-state index in [1.165, 1.54) is 12.1 Å². The Labute approximate surface area is 183 Å². The Hall–Kier alpha value is -4.33. The normalized spacial score (nSPS) is 11.1. The number of pyridine rings is 1. The minimum atomic E-state index is -0.294. The molecule has 0 aliphatic rings. The van der Waals surface area contributed by atoms with E-state index in [4.69, 9.17) is 0 Å². The van der Waals surface area contributed by atoms with Gasteiger partial charge in [0, 0.05) is 30.4 Å². The van der Waals surface area contributed by atoms with Gasteiger partial charge in [0.25, 0.3) is 5.91 Å². The maximum Gasteiger partial charge on any atom is 0.256 e. The number of fused-ring (bicyclic) bond motifs is 1. The van der Waals surface area contributed by atoms with E-state index < -0.39 is 0 Å². The summed E-state index contributed by atoms with van der Waals surface area (Å²) in [5.41, 5.74) is 4.06. The average Bonchev–Trinajstić information content (AvgIpc) is 3.41. The molecule has 0 atom stereocenters. The van der Waals surface area contributed by atoms with Gasteiger partial charge in [0.1, 0.15) is 5.82 Å². The number of aromatic nitrogens is 5. The van der Waals surface area contributed by atoms with Gasteiger partial charge in [-0.05, 0) is 29.8 Å². The van der Waals surface area contributed by atoms with E-state index in [9.17, 15) is 9.18 Å². The Morgan fingerprint density at radius 2 is 1.91 bits per heavy atom. The fourth-order valence-electron chi connectivity index (χ4n) is 3.60. The summed E-state index contributed by atoms with van der Waals surface area (Å²) in [5.74, 6) is -0.559. The fourth-order valence-corrected chi connectivity index (χ4v) is 3.60. The number of rotatable bonds is 5. The molecule has 0 aliphatic heterocycles. The average molecular weight is 426 g/mol. The summed E-state index contributed by atoms with van der Waals surface area (Å²) in [6, 6.07) is 15.6. The first kappa shape index (κ1) is 19.6. The van der Waals surface area contributed by atoms with Crippen LogP contribution in [0.3, 0.4) is 0 Å². The summed E-state index contributed by atoms with van der Waals surface area (Å²) in [5, 5.41) is 12.1. The number of nitrogens with one attached hydrogen (secondary N) is 1. The summed E-state index contributed by atoms with van der Waals surface area (Å²) in [4.78, 5) is 17.9. The van der Waals surface area contributed by atoms with Gasteiger partial charge in [-0.1, -0.05) is 30.3 Å². The standard InChI is InChI=1S/C24H19FN6O/c1-30-14-17(11-26-30)23-10-21(20-7-2-3-8-22(20)29-23)24(32)28-19-12-27-31(15-19)13-16-5-4-6-18(25)9-16/h2-12,14-15H,13H2,1H3,(H,28,32). The quantitative estimate of drug-likeness (QED) is 0.455. The van der Waals surface area contributed by atoms with Crippen LogP contribution in [0, 0.1) is 5.82 Å². The molecule has 32 heavy (non-hydrogen) atoms. The van der Waals surface area contributed by atoms with E-state index in [-0.39, 0.29) is 11.7 Å². The number of aryl methyl sites for hydroxylation is 1. The topological polar surface area (TPSA) is 77.6 Å². The second-order valence-corrected chi connectivity index (χ2v) is 7.49. The van der Waals surface area contributed by atoms with Crippen molar-refractivity contribution in [2.24, 2.45) is 7.05 Å². The molecule has 3 aromatic heterocycles. The lowest BCUT2D eigenvalue weighted by Gasteiger charge is -2.09. The lowest BCUT2D eigenvalue weighted by Crippen LogP contribution is -2.12. The molecule has 3 heterocycles. The van der Waals surface area contributed by atoms with E-state index in [0.29, 0.717) is 23.5 Å². The number of benzene rings is 2. The van der Waals surface area contributed by atoms with Gasteiger partial charge in [-0.3, -0.25) is 14.2 Å². The molecule has 0 fully saturated rings. The number of carbonyl (C=O) groups is 1. The van der Waals surface area contributed by atoms with Crippen molar-refractivity contribution in [1.82, 2.24) is 24.5 Å². The van der Waals surface area contributed by atoms with Crippen molar-refractivity contribution < 1.29 is 9.18 Å². The molecule has 5 rings (SSSR count). The summed E-state index contributed by atoms with van der Waals surface area (Å²) in [6.07, 6.45) is 6.86. The van der Waals surface area contributed by atoms with Crippen LogP contribution in [-0.4, -0.2) is 30.5 Å². The van der Waals surface area contributed by atoms with E-state index in [1.807, 2.05) is 43.6 Å². The highest BCUT2D eigenvalue weighted by Gasteiger charge is 2.15. The van der Waals surface area contributed by atoms with Crippen molar-refractivity contribution in [2.45, 2.75) is 6.54 Å². The summed E-state index contributed by atoms with van der Waals surface area (Å²) in [6.45, 7) is 0.400. The highest BCUT2D eigenvalue weighted by molar-refractivity contribution is 6.13. The number of anilines is 1. The maximum absolute atomic E-state index is 13.4. The van der Waals surface area contributed by atoms with Gasteiger partial charge in [0.2, 0.25) is 0 Å². The van der Waals surface area contributed by atoms with E-state index in [2.05, 4.69) is 20.5 Å². The Balaban J connectivity index is 1.43. The second kappa shape index (κ2) is 8.07. The van der Waals surface area contributed by atoms with Crippen LogP contribution < -0.4 is 5.32 Å². The molecule has 8 heteroatoms. The number of hydrogen-bond donors (Lipinski definition) is 1. The first-order valence-electron chi connectivity index (χ1n) is 10.0. The lowest BCUT2D eigenvalue weighted by atomic mass is 10.0. The largest absolute Gasteiger partial charge is 0.319 e. The van der Waals surface area contributed by atoms with Crippen LogP contribution in [0.2, 0.25) is 0 Å². The third-order valence-electron chi connectivity index (χ3n) is 5.09. The molecule has 1 N–H and O–H groups in total. The SMILES string of the molecule is Cn1cc(-c2cc(C(=O)Nc3cnn(Cc4cccc(F)c4)c3)c3ccccc3n2)cn1. The van der Waals surface area contributed by atoms with Gasteiger partial charge >= 0.3 is 0 Å². The molecule has 0 aliphatic carbocycles. The van der Waals surface area contributed by atoms with Gasteiger partial charge in [-0.25, -0.2) is 9.37 Å². The van der Waals surface area contributed by atoms with Crippen molar-refractivity contribution >= 4 is 22.5 Å². The molecular weight excluding hydrogens is 407 g/mol. The number of para-hydroxylation sites is 1. The zero-order chi connectivity index (χ0) is 22.1. The van der Waals surface area contributed by atoms with Crippen LogP contribution in [-0.2, 0) is 13.6 Å². The van der Waals surface area contributed by atoms with Crippen LogP contribution in [0.5, 0.6) is 0 Å². The molecule has 0 radical (unpaired) electrons. The van der Waals surface area contributed by atoms with Gasteiger partial charge in [0.15, 0.2) is 0 Å². The van der Waals surface area contributed by atoms with E-state index >= 15 is 0 Å². The number of nitrogens with zero attached hydrogens (tertiary/aromatic N) is 5. The van der Waals surface area contributed by atoms with Crippen LogP contribution in [0.4, 0.5) is 10.1 Å². The van der Waals surface area contributed by atoms with Crippen molar-refractivity contribution in [3.05, 3.63) is 96.3 Å². The monoisotopic (exact) mass is 426 g/mol.